The van der Waals surface area contributed by atoms with Gasteiger partial charge in [-0.05, 0) is 36.6 Å². The summed E-state index contributed by atoms with van der Waals surface area (Å²) in [4.78, 5) is 0. The summed E-state index contributed by atoms with van der Waals surface area (Å²) in [6.07, 6.45) is 1.94. The molecule has 2 aromatic rings. The van der Waals surface area contributed by atoms with Crippen molar-refractivity contribution in [3.8, 4) is 5.75 Å². The number of ether oxygens (including phenoxy) is 1. The van der Waals surface area contributed by atoms with Gasteiger partial charge in [-0.3, -0.25) is 0 Å². The second kappa shape index (κ2) is 7.29. The Morgan fingerprint density at radius 3 is 2.58 bits per heavy atom. The van der Waals surface area contributed by atoms with Gasteiger partial charge >= 0.3 is 0 Å². The molecule has 0 saturated carbocycles. The predicted molar refractivity (Wildman–Crippen MR) is 79.3 cm³/mol. The van der Waals surface area contributed by atoms with Crippen molar-refractivity contribution in [3.05, 3.63) is 65.5 Å². The van der Waals surface area contributed by atoms with Crippen molar-refractivity contribution in [2.24, 2.45) is 0 Å². The van der Waals surface area contributed by atoms with Crippen LogP contribution in [0, 0.1) is 5.82 Å². The maximum absolute atomic E-state index is 13.1. The first-order chi connectivity index (χ1) is 9.29. The van der Waals surface area contributed by atoms with Gasteiger partial charge in [0.15, 0.2) is 0 Å². The lowest BCUT2D eigenvalue weighted by atomic mass is 10.1. The van der Waals surface area contributed by atoms with Crippen molar-refractivity contribution in [1.82, 2.24) is 0 Å². The van der Waals surface area contributed by atoms with E-state index in [-0.39, 0.29) is 5.82 Å². The molecular formula is C16H16BrFO. The van der Waals surface area contributed by atoms with E-state index >= 15 is 0 Å². The molecule has 0 N–H and O–H groups in total. The number of alkyl halides is 1. The van der Waals surface area contributed by atoms with Gasteiger partial charge in [0.2, 0.25) is 0 Å². The van der Waals surface area contributed by atoms with E-state index in [1.807, 2.05) is 18.2 Å². The van der Waals surface area contributed by atoms with E-state index in [1.54, 1.807) is 6.07 Å². The average Bonchev–Trinajstić information content (AvgIpc) is 2.46. The van der Waals surface area contributed by atoms with E-state index in [2.05, 4.69) is 28.1 Å². The third-order valence-corrected chi connectivity index (χ3v) is 3.48. The van der Waals surface area contributed by atoms with Gasteiger partial charge in [0, 0.05) is 10.9 Å². The first kappa shape index (κ1) is 14.1. The molecule has 3 heteroatoms. The molecule has 0 aliphatic rings. The first-order valence-electron chi connectivity index (χ1n) is 6.30. The van der Waals surface area contributed by atoms with Crippen molar-refractivity contribution in [2.75, 3.05) is 6.61 Å². The lowest BCUT2D eigenvalue weighted by molar-refractivity contribution is 0.308. The molecule has 0 aromatic heterocycles. The monoisotopic (exact) mass is 322 g/mol. The largest absolute Gasteiger partial charge is 0.493 e. The predicted octanol–water partition coefficient (Wildman–Crippen LogP) is 4.73. The molecule has 19 heavy (non-hydrogen) atoms. The second-order valence-electron chi connectivity index (χ2n) is 4.32. The van der Waals surface area contributed by atoms with Crippen LogP contribution in [0.15, 0.2) is 48.5 Å². The molecule has 0 saturated heterocycles. The van der Waals surface area contributed by atoms with Crippen LogP contribution in [0.1, 0.15) is 17.5 Å². The van der Waals surface area contributed by atoms with E-state index < -0.39 is 0 Å². The van der Waals surface area contributed by atoms with Crippen LogP contribution in [0.25, 0.3) is 0 Å². The maximum Gasteiger partial charge on any atom is 0.123 e. The lowest BCUT2D eigenvalue weighted by Crippen LogP contribution is -2.01. The van der Waals surface area contributed by atoms with Gasteiger partial charge in [0.1, 0.15) is 11.6 Å². The zero-order chi connectivity index (χ0) is 13.5. The lowest BCUT2D eigenvalue weighted by Gasteiger charge is -2.10. The Kier molecular flexibility index (Phi) is 5.40. The Hall–Kier alpha value is -1.35. The molecule has 0 amide bonds. The summed E-state index contributed by atoms with van der Waals surface area (Å²) >= 11 is 3.34. The van der Waals surface area contributed by atoms with Crippen molar-refractivity contribution < 1.29 is 9.13 Å². The number of benzene rings is 2. The van der Waals surface area contributed by atoms with Crippen molar-refractivity contribution in [2.45, 2.75) is 18.2 Å². The first-order valence-corrected chi connectivity index (χ1v) is 7.43. The average molecular weight is 323 g/mol. The SMILES string of the molecule is Fc1ccc(OCCCc2ccccc2)c(CBr)c1. The Labute approximate surface area is 121 Å². The highest BCUT2D eigenvalue weighted by atomic mass is 79.9. The molecular weight excluding hydrogens is 307 g/mol. The van der Waals surface area contributed by atoms with Crippen LogP contribution in [-0.2, 0) is 11.8 Å². The van der Waals surface area contributed by atoms with Crippen LogP contribution in [-0.4, -0.2) is 6.61 Å². The summed E-state index contributed by atoms with van der Waals surface area (Å²) in [6.45, 7) is 0.639. The fourth-order valence-electron chi connectivity index (χ4n) is 1.90. The highest BCUT2D eigenvalue weighted by Gasteiger charge is 2.04. The molecule has 0 fully saturated rings. The molecule has 100 valence electrons. The third-order valence-electron chi connectivity index (χ3n) is 2.88. The fourth-order valence-corrected chi connectivity index (χ4v) is 2.33. The molecule has 1 nitrogen and oxygen atoms in total. The highest BCUT2D eigenvalue weighted by Crippen LogP contribution is 2.22. The molecule has 0 bridgehead atoms. The number of rotatable bonds is 6. The van der Waals surface area contributed by atoms with E-state index in [0.717, 1.165) is 24.2 Å². The minimum atomic E-state index is -0.230. The second-order valence-corrected chi connectivity index (χ2v) is 4.88. The summed E-state index contributed by atoms with van der Waals surface area (Å²) < 4.78 is 18.8. The zero-order valence-corrected chi connectivity index (χ0v) is 12.2. The molecule has 2 rings (SSSR count). The highest BCUT2D eigenvalue weighted by molar-refractivity contribution is 9.08. The Morgan fingerprint density at radius 2 is 1.84 bits per heavy atom. The molecule has 2 aromatic carbocycles. The molecule has 0 aliphatic carbocycles. The molecule has 0 atom stereocenters. The number of hydrogen-bond donors (Lipinski definition) is 0. The van der Waals surface area contributed by atoms with Crippen molar-refractivity contribution >= 4 is 15.9 Å². The topological polar surface area (TPSA) is 9.23 Å². The smallest absolute Gasteiger partial charge is 0.123 e. The van der Waals surface area contributed by atoms with Crippen LogP contribution in [0.5, 0.6) is 5.75 Å². The van der Waals surface area contributed by atoms with Gasteiger partial charge in [-0.15, -0.1) is 0 Å². The van der Waals surface area contributed by atoms with Crippen LogP contribution >= 0.6 is 15.9 Å². The van der Waals surface area contributed by atoms with Gasteiger partial charge in [0.05, 0.1) is 6.61 Å². The Morgan fingerprint density at radius 1 is 1.05 bits per heavy atom. The van der Waals surface area contributed by atoms with E-state index in [4.69, 9.17) is 4.74 Å². The van der Waals surface area contributed by atoms with Crippen LogP contribution < -0.4 is 4.74 Å². The zero-order valence-electron chi connectivity index (χ0n) is 10.6. The van der Waals surface area contributed by atoms with Gasteiger partial charge in [0.25, 0.3) is 0 Å². The fraction of sp³-hybridized carbons (Fsp3) is 0.250. The minimum Gasteiger partial charge on any atom is -0.493 e. The summed E-state index contributed by atoms with van der Waals surface area (Å²) in [5, 5.41) is 0.596. The van der Waals surface area contributed by atoms with Gasteiger partial charge < -0.3 is 4.74 Å². The van der Waals surface area contributed by atoms with Crippen LogP contribution in [0.2, 0.25) is 0 Å². The van der Waals surface area contributed by atoms with E-state index in [0.29, 0.717) is 11.9 Å². The van der Waals surface area contributed by atoms with Crippen LogP contribution in [0.4, 0.5) is 4.39 Å². The maximum atomic E-state index is 13.1. The molecule has 0 spiro atoms. The van der Waals surface area contributed by atoms with Crippen molar-refractivity contribution in [1.29, 1.82) is 0 Å². The Balaban J connectivity index is 1.83. The number of halogens is 2. The quantitative estimate of drug-likeness (QED) is 0.551. The van der Waals surface area contributed by atoms with E-state index in [1.165, 1.54) is 17.7 Å². The normalized spacial score (nSPS) is 10.4. The molecule has 0 radical (unpaired) electrons. The van der Waals surface area contributed by atoms with Crippen molar-refractivity contribution in [3.63, 3.8) is 0 Å². The molecule has 0 unspecified atom stereocenters. The Bertz CT molecular complexity index is 513. The summed E-state index contributed by atoms with van der Waals surface area (Å²) in [5.74, 6) is 0.525. The number of hydrogen-bond acceptors (Lipinski definition) is 1. The minimum absolute atomic E-state index is 0.230. The van der Waals surface area contributed by atoms with Gasteiger partial charge in [-0.2, -0.15) is 0 Å². The van der Waals surface area contributed by atoms with Gasteiger partial charge in [-0.1, -0.05) is 46.3 Å². The third kappa shape index (κ3) is 4.35. The summed E-state index contributed by atoms with van der Waals surface area (Å²) in [6, 6.07) is 14.9. The summed E-state index contributed by atoms with van der Waals surface area (Å²) in [7, 11) is 0. The summed E-state index contributed by atoms with van der Waals surface area (Å²) in [5.41, 5.74) is 2.16. The van der Waals surface area contributed by atoms with Gasteiger partial charge in [-0.25, -0.2) is 4.39 Å². The van der Waals surface area contributed by atoms with Crippen LogP contribution in [0.3, 0.4) is 0 Å². The number of aryl methyl sites for hydroxylation is 1. The molecule has 0 heterocycles. The molecule has 0 aliphatic heterocycles. The van der Waals surface area contributed by atoms with E-state index in [9.17, 15) is 4.39 Å². The standard InChI is InChI=1S/C16H16BrFO/c17-12-14-11-15(18)8-9-16(14)19-10-4-7-13-5-2-1-3-6-13/h1-3,5-6,8-9,11H,4,7,10,12H2.